The maximum Gasteiger partial charge on any atom is 0.524 e. The van der Waals surface area contributed by atoms with E-state index in [0.717, 1.165) is 0 Å². The van der Waals surface area contributed by atoms with Crippen LogP contribution in [0.15, 0.2) is 30.3 Å². The van der Waals surface area contributed by atoms with Gasteiger partial charge in [0.15, 0.2) is 0 Å². The third kappa shape index (κ3) is 9.38. The van der Waals surface area contributed by atoms with E-state index in [1.807, 2.05) is 0 Å². The van der Waals surface area contributed by atoms with Crippen LogP contribution in [0.5, 0.6) is 5.75 Å². The molecule has 0 saturated heterocycles. The standard InChI is InChI=1S/C6H7O4P.2K/c7-11(8,9)10-6-4-2-1-3-5-6;;/h1-5H,(H2,7,8,9);;. The van der Waals surface area contributed by atoms with E-state index in [1.54, 1.807) is 18.2 Å². The average molecular weight is 252 g/mol. The largest absolute Gasteiger partial charge is 0.524 e. The summed E-state index contributed by atoms with van der Waals surface area (Å²) in [5, 5.41) is 0. The summed E-state index contributed by atoms with van der Waals surface area (Å²) in [7, 11) is -4.39. The minimum atomic E-state index is -4.39. The Morgan fingerprint density at radius 2 is 1.54 bits per heavy atom. The van der Waals surface area contributed by atoms with Gasteiger partial charge in [-0.05, 0) is 12.1 Å². The summed E-state index contributed by atoms with van der Waals surface area (Å²) in [6, 6.07) is 7.93. The topological polar surface area (TPSA) is 66.8 Å². The molecule has 7 heteroatoms. The Balaban J connectivity index is 0. The van der Waals surface area contributed by atoms with Gasteiger partial charge < -0.3 is 4.52 Å². The van der Waals surface area contributed by atoms with Crippen molar-refractivity contribution >= 4 is 111 Å². The van der Waals surface area contributed by atoms with Crippen LogP contribution >= 0.6 is 7.82 Å². The predicted molar refractivity (Wildman–Crippen MR) is 50.6 cm³/mol. The molecule has 0 bridgehead atoms. The molecule has 0 heterocycles. The number of hydrogen-bond acceptors (Lipinski definition) is 2. The molecule has 0 aromatic heterocycles. The Morgan fingerprint density at radius 1 is 1.08 bits per heavy atom. The van der Waals surface area contributed by atoms with Gasteiger partial charge in [-0.25, -0.2) is 4.57 Å². The van der Waals surface area contributed by atoms with E-state index in [4.69, 9.17) is 9.79 Å². The van der Waals surface area contributed by atoms with Crippen molar-refractivity contribution < 1.29 is 18.9 Å². The van der Waals surface area contributed by atoms with E-state index >= 15 is 0 Å². The van der Waals surface area contributed by atoms with Crippen LogP contribution in [0.3, 0.4) is 0 Å². The third-order valence-corrected chi connectivity index (χ3v) is 1.42. The molecule has 2 N–H and O–H groups in total. The van der Waals surface area contributed by atoms with E-state index in [2.05, 4.69) is 4.52 Å². The summed E-state index contributed by atoms with van der Waals surface area (Å²) in [6.45, 7) is 0. The molecule has 0 fully saturated rings. The van der Waals surface area contributed by atoms with Gasteiger partial charge in [-0.1, -0.05) is 18.2 Å². The maximum atomic E-state index is 10.3. The average Bonchev–Trinajstić information content (AvgIpc) is 1.85. The fourth-order valence-electron chi connectivity index (χ4n) is 0.619. The summed E-state index contributed by atoms with van der Waals surface area (Å²) >= 11 is 0. The van der Waals surface area contributed by atoms with Gasteiger partial charge in [-0.3, -0.25) is 9.79 Å². The zero-order valence-electron chi connectivity index (χ0n) is 7.54. The van der Waals surface area contributed by atoms with Crippen LogP contribution in [-0.4, -0.2) is 113 Å². The summed E-state index contributed by atoms with van der Waals surface area (Å²) in [4.78, 5) is 16.7. The minimum Gasteiger partial charge on any atom is -0.404 e. The summed E-state index contributed by atoms with van der Waals surface area (Å²) in [5.41, 5.74) is 0. The molecule has 0 atom stereocenters. The molecule has 1 aromatic rings. The zero-order chi connectivity index (χ0) is 8.32. The second-order valence-corrected chi connectivity index (χ2v) is 3.06. The van der Waals surface area contributed by atoms with Crippen LogP contribution in [-0.2, 0) is 4.57 Å². The molecule has 0 aliphatic rings. The number of phosphoric ester groups is 1. The fraction of sp³-hybridized carbons (Fsp3) is 0. The molecule has 0 amide bonds. The Kier molecular flexibility index (Phi) is 11.8. The number of phosphoric acid groups is 1. The number of para-hydroxylation sites is 1. The SMILES string of the molecule is O=P(O)(O)Oc1ccccc1.[K].[K]. The van der Waals surface area contributed by atoms with Gasteiger partial charge in [0.2, 0.25) is 0 Å². The molecular weight excluding hydrogens is 245 g/mol. The van der Waals surface area contributed by atoms with Crippen LogP contribution in [0.1, 0.15) is 0 Å². The Labute approximate surface area is 162 Å². The molecule has 13 heavy (non-hydrogen) atoms. The van der Waals surface area contributed by atoms with Crippen LogP contribution in [0.25, 0.3) is 0 Å². The molecule has 62 valence electrons. The zero-order valence-corrected chi connectivity index (χ0v) is 14.7. The summed E-state index contributed by atoms with van der Waals surface area (Å²) in [6.07, 6.45) is 0. The molecule has 0 unspecified atom stereocenters. The molecule has 0 spiro atoms. The van der Waals surface area contributed by atoms with Gasteiger partial charge in [-0.2, -0.15) is 0 Å². The third-order valence-electron chi connectivity index (χ3n) is 0.968. The van der Waals surface area contributed by atoms with Crippen LogP contribution in [0.2, 0.25) is 0 Å². The van der Waals surface area contributed by atoms with E-state index in [-0.39, 0.29) is 109 Å². The first kappa shape index (κ1) is 17.8. The molecule has 4 nitrogen and oxygen atoms in total. The van der Waals surface area contributed by atoms with Crippen LogP contribution < -0.4 is 4.52 Å². The molecule has 0 aliphatic carbocycles. The van der Waals surface area contributed by atoms with Crippen molar-refractivity contribution in [1.82, 2.24) is 0 Å². The molecular formula is C6H7K2O4P. The summed E-state index contributed by atoms with van der Waals surface area (Å²) in [5.74, 6) is 0.167. The molecule has 0 aliphatic heterocycles. The van der Waals surface area contributed by atoms with Gasteiger partial charge in [0.05, 0.1) is 0 Å². The van der Waals surface area contributed by atoms with E-state index in [1.165, 1.54) is 12.1 Å². The van der Waals surface area contributed by atoms with Crippen molar-refractivity contribution in [2.75, 3.05) is 0 Å². The first-order valence-electron chi connectivity index (χ1n) is 2.88. The summed E-state index contributed by atoms with van der Waals surface area (Å²) < 4.78 is 14.5. The van der Waals surface area contributed by atoms with Crippen molar-refractivity contribution in [1.29, 1.82) is 0 Å². The van der Waals surface area contributed by atoms with Crippen molar-refractivity contribution in [3.05, 3.63) is 30.3 Å². The second kappa shape index (κ2) is 8.58. The van der Waals surface area contributed by atoms with E-state index < -0.39 is 7.82 Å². The van der Waals surface area contributed by atoms with Gasteiger partial charge in [0.1, 0.15) is 5.75 Å². The second-order valence-electron chi connectivity index (χ2n) is 1.89. The van der Waals surface area contributed by atoms with E-state index in [9.17, 15) is 4.57 Å². The molecule has 1 rings (SSSR count). The van der Waals surface area contributed by atoms with Gasteiger partial charge in [0.25, 0.3) is 0 Å². The predicted octanol–water partition coefficient (Wildman–Crippen LogP) is 0.396. The quantitative estimate of drug-likeness (QED) is 0.590. The van der Waals surface area contributed by atoms with E-state index in [0.29, 0.717) is 0 Å². The number of rotatable bonds is 2. The minimum absolute atomic E-state index is 0. The van der Waals surface area contributed by atoms with Gasteiger partial charge in [0, 0.05) is 103 Å². The number of hydrogen-bond donors (Lipinski definition) is 2. The van der Waals surface area contributed by atoms with Crippen LogP contribution in [0.4, 0.5) is 0 Å². The van der Waals surface area contributed by atoms with Crippen molar-refractivity contribution in [3.63, 3.8) is 0 Å². The molecule has 0 saturated carbocycles. The molecule has 1 aromatic carbocycles. The number of benzene rings is 1. The van der Waals surface area contributed by atoms with Gasteiger partial charge in [-0.15, -0.1) is 0 Å². The van der Waals surface area contributed by atoms with Crippen molar-refractivity contribution in [2.45, 2.75) is 0 Å². The first-order chi connectivity index (χ1) is 5.08. The van der Waals surface area contributed by atoms with Crippen molar-refractivity contribution in [3.8, 4) is 5.75 Å². The van der Waals surface area contributed by atoms with Crippen LogP contribution in [0, 0.1) is 0 Å². The monoisotopic (exact) mass is 252 g/mol. The fourth-order valence-corrected chi connectivity index (χ4v) is 1.02. The normalized spacial score (nSPS) is 9.38. The first-order valence-corrected chi connectivity index (χ1v) is 4.41. The molecule has 2 radical (unpaired) electrons. The Hall–Kier alpha value is 2.44. The Bertz CT molecular complexity index is 273. The Morgan fingerprint density at radius 3 is 1.92 bits per heavy atom. The smallest absolute Gasteiger partial charge is 0.404 e. The van der Waals surface area contributed by atoms with Crippen molar-refractivity contribution in [2.24, 2.45) is 0 Å². The van der Waals surface area contributed by atoms with Gasteiger partial charge >= 0.3 is 7.82 Å². The maximum absolute atomic E-state index is 10.3.